The zero-order valence-corrected chi connectivity index (χ0v) is 11.7. The molecule has 3 atom stereocenters. The average Bonchev–Trinajstić information content (AvgIpc) is 2.88. The Bertz CT molecular complexity index is 267. The molecular formula is C16H29NO. The highest BCUT2D eigenvalue weighted by atomic mass is 16.5. The normalized spacial score (nSPS) is 40.2. The second-order valence-corrected chi connectivity index (χ2v) is 6.94. The van der Waals surface area contributed by atoms with Crippen LogP contribution in [0.3, 0.4) is 0 Å². The molecule has 1 spiro atoms. The fourth-order valence-corrected chi connectivity index (χ4v) is 4.95. The summed E-state index contributed by atoms with van der Waals surface area (Å²) >= 11 is 0. The van der Waals surface area contributed by atoms with Crippen LogP contribution in [0.4, 0.5) is 0 Å². The Morgan fingerprint density at radius 3 is 2.61 bits per heavy atom. The van der Waals surface area contributed by atoms with Crippen LogP contribution in [0.1, 0.15) is 64.2 Å². The van der Waals surface area contributed by atoms with E-state index in [-0.39, 0.29) is 5.60 Å². The van der Waals surface area contributed by atoms with E-state index in [4.69, 9.17) is 10.5 Å². The predicted octanol–water partition coefficient (Wildman–Crippen LogP) is 3.49. The molecule has 3 aliphatic rings. The van der Waals surface area contributed by atoms with Crippen molar-refractivity contribution in [3.63, 3.8) is 0 Å². The topological polar surface area (TPSA) is 35.2 Å². The summed E-state index contributed by atoms with van der Waals surface area (Å²) in [5.41, 5.74) is 6.25. The molecule has 3 fully saturated rings. The van der Waals surface area contributed by atoms with Gasteiger partial charge in [0.25, 0.3) is 0 Å². The molecule has 2 saturated carbocycles. The van der Waals surface area contributed by atoms with Crippen molar-refractivity contribution in [2.24, 2.45) is 23.5 Å². The van der Waals surface area contributed by atoms with Crippen LogP contribution in [-0.2, 0) is 4.74 Å². The van der Waals surface area contributed by atoms with Crippen molar-refractivity contribution < 1.29 is 4.74 Å². The Balaban J connectivity index is 1.66. The van der Waals surface area contributed by atoms with E-state index in [9.17, 15) is 0 Å². The van der Waals surface area contributed by atoms with Crippen molar-refractivity contribution in [1.82, 2.24) is 0 Å². The van der Waals surface area contributed by atoms with Crippen molar-refractivity contribution >= 4 is 0 Å². The van der Waals surface area contributed by atoms with Gasteiger partial charge in [0.05, 0.1) is 5.60 Å². The Hall–Kier alpha value is -0.0800. The average molecular weight is 251 g/mol. The van der Waals surface area contributed by atoms with E-state index in [1.165, 1.54) is 64.2 Å². The van der Waals surface area contributed by atoms with Gasteiger partial charge in [0.2, 0.25) is 0 Å². The largest absolute Gasteiger partial charge is 0.375 e. The van der Waals surface area contributed by atoms with Crippen LogP contribution in [0.25, 0.3) is 0 Å². The molecule has 0 radical (unpaired) electrons. The molecular weight excluding hydrogens is 222 g/mol. The van der Waals surface area contributed by atoms with Crippen LogP contribution in [0.5, 0.6) is 0 Å². The van der Waals surface area contributed by atoms with Gasteiger partial charge in [0.1, 0.15) is 0 Å². The standard InChI is InChI=1S/C16H29NO/c17-12-14-5-4-6-15(14)13-7-10-18-16(11-13)8-2-1-3-9-16/h13-15H,1-12,17H2. The summed E-state index contributed by atoms with van der Waals surface area (Å²) < 4.78 is 6.23. The molecule has 0 bridgehead atoms. The lowest BCUT2D eigenvalue weighted by Crippen LogP contribution is -2.44. The SMILES string of the molecule is NCC1CCCC1C1CCOC2(CCCCC2)C1. The molecule has 2 nitrogen and oxygen atoms in total. The van der Waals surface area contributed by atoms with Crippen molar-refractivity contribution in [3.05, 3.63) is 0 Å². The highest BCUT2D eigenvalue weighted by molar-refractivity contribution is 4.94. The zero-order valence-electron chi connectivity index (χ0n) is 11.7. The van der Waals surface area contributed by atoms with Gasteiger partial charge in [-0.25, -0.2) is 0 Å². The summed E-state index contributed by atoms with van der Waals surface area (Å²) in [6.45, 7) is 1.92. The van der Waals surface area contributed by atoms with Gasteiger partial charge in [-0.3, -0.25) is 0 Å². The Morgan fingerprint density at radius 2 is 1.83 bits per heavy atom. The molecule has 18 heavy (non-hydrogen) atoms. The number of ether oxygens (including phenoxy) is 1. The van der Waals surface area contributed by atoms with E-state index in [1.807, 2.05) is 0 Å². The predicted molar refractivity (Wildman–Crippen MR) is 74.4 cm³/mol. The lowest BCUT2D eigenvalue weighted by molar-refractivity contribution is -0.127. The van der Waals surface area contributed by atoms with E-state index >= 15 is 0 Å². The molecule has 104 valence electrons. The lowest BCUT2D eigenvalue weighted by atomic mass is 9.70. The minimum absolute atomic E-state index is 0.281. The third-order valence-corrected chi connectivity index (χ3v) is 5.92. The second-order valence-electron chi connectivity index (χ2n) is 6.94. The van der Waals surface area contributed by atoms with Gasteiger partial charge in [-0.05, 0) is 62.8 Å². The van der Waals surface area contributed by atoms with Gasteiger partial charge >= 0.3 is 0 Å². The van der Waals surface area contributed by atoms with Crippen LogP contribution in [0.2, 0.25) is 0 Å². The fraction of sp³-hybridized carbons (Fsp3) is 1.00. The molecule has 2 aliphatic carbocycles. The molecule has 1 aliphatic heterocycles. The zero-order chi connectivity index (χ0) is 12.4. The Morgan fingerprint density at radius 1 is 1.00 bits per heavy atom. The van der Waals surface area contributed by atoms with Crippen LogP contribution in [0, 0.1) is 17.8 Å². The fourth-order valence-electron chi connectivity index (χ4n) is 4.95. The van der Waals surface area contributed by atoms with Crippen molar-refractivity contribution in [2.45, 2.75) is 69.8 Å². The minimum Gasteiger partial charge on any atom is -0.375 e. The van der Waals surface area contributed by atoms with Crippen LogP contribution in [0.15, 0.2) is 0 Å². The van der Waals surface area contributed by atoms with E-state index < -0.39 is 0 Å². The second kappa shape index (κ2) is 5.50. The molecule has 0 aromatic rings. The highest BCUT2D eigenvalue weighted by Crippen LogP contribution is 2.47. The lowest BCUT2D eigenvalue weighted by Gasteiger charge is -2.46. The first-order valence-electron chi connectivity index (χ1n) is 8.17. The van der Waals surface area contributed by atoms with Gasteiger partial charge in [-0.2, -0.15) is 0 Å². The third-order valence-electron chi connectivity index (χ3n) is 5.92. The van der Waals surface area contributed by atoms with Gasteiger partial charge < -0.3 is 10.5 Å². The molecule has 3 unspecified atom stereocenters. The van der Waals surface area contributed by atoms with Crippen molar-refractivity contribution in [2.75, 3.05) is 13.2 Å². The quantitative estimate of drug-likeness (QED) is 0.815. The van der Waals surface area contributed by atoms with Gasteiger partial charge in [0, 0.05) is 6.61 Å². The van der Waals surface area contributed by atoms with Gasteiger partial charge in [-0.15, -0.1) is 0 Å². The van der Waals surface area contributed by atoms with E-state index in [1.54, 1.807) is 0 Å². The first-order valence-corrected chi connectivity index (χ1v) is 8.17. The summed E-state index contributed by atoms with van der Waals surface area (Å²) in [6, 6.07) is 0. The van der Waals surface area contributed by atoms with Crippen molar-refractivity contribution in [3.8, 4) is 0 Å². The van der Waals surface area contributed by atoms with Gasteiger partial charge in [-0.1, -0.05) is 25.7 Å². The van der Waals surface area contributed by atoms with Crippen LogP contribution >= 0.6 is 0 Å². The molecule has 0 aromatic heterocycles. The summed E-state index contributed by atoms with van der Waals surface area (Å²) in [5, 5.41) is 0. The first-order chi connectivity index (χ1) is 8.83. The molecule has 2 heteroatoms. The van der Waals surface area contributed by atoms with E-state index in [0.717, 1.165) is 30.9 Å². The molecule has 2 N–H and O–H groups in total. The smallest absolute Gasteiger partial charge is 0.0685 e. The summed E-state index contributed by atoms with van der Waals surface area (Å²) in [4.78, 5) is 0. The van der Waals surface area contributed by atoms with Crippen LogP contribution in [-0.4, -0.2) is 18.8 Å². The summed E-state index contributed by atoms with van der Waals surface area (Å²) in [5.74, 6) is 2.64. The number of hydrogen-bond donors (Lipinski definition) is 1. The van der Waals surface area contributed by atoms with Gasteiger partial charge in [0.15, 0.2) is 0 Å². The maximum atomic E-state index is 6.23. The maximum Gasteiger partial charge on any atom is 0.0685 e. The number of rotatable bonds is 2. The highest BCUT2D eigenvalue weighted by Gasteiger charge is 2.43. The number of nitrogens with two attached hydrogens (primary N) is 1. The summed E-state index contributed by atoms with van der Waals surface area (Å²) in [6.07, 6.45) is 13.7. The van der Waals surface area contributed by atoms with E-state index in [2.05, 4.69) is 0 Å². The Labute approximate surface area is 112 Å². The molecule has 3 rings (SSSR count). The first kappa shape index (κ1) is 12.9. The van der Waals surface area contributed by atoms with E-state index in [0.29, 0.717) is 0 Å². The third kappa shape index (κ3) is 2.46. The molecule has 0 aromatic carbocycles. The molecule has 1 saturated heterocycles. The minimum atomic E-state index is 0.281. The number of hydrogen-bond acceptors (Lipinski definition) is 2. The monoisotopic (exact) mass is 251 g/mol. The summed E-state index contributed by atoms with van der Waals surface area (Å²) in [7, 11) is 0. The Kier molecular flexibility index (Phi) is 3.95. The molecule has 0 amide bonds. The van der Waals surface area contributed by atoms with Crippen LogP contribution < -0.4 is 5.73 Å². The molecule has 1 heterocycles. The maximum absolute atomic E-state index is 6.23. The van der Waals surface area contributed by atoms with Crippen molar-refractivity contribution in [1.29, 1.82) is 0 Å².